The van der Waals surface area contributed by atoms with Crippen molar-refractivity contribution in [1.29, 1.82) is 0 Å². The van der Waals surface area contributed by atoms with Crippen molar-refractivity contribution in [2.45, 2.75) is 243 Å². The van der Waals surface area contributed by atoms with Crippen LogP contribution in [0.1, 0.15) is 166 Å². The molecule has 24 N–H and O–H groups in total. The Morgan fingerprint density at radius 3 is 1.33 bits per heavy atom. The molecule has 14 amide bonds. The number of likely N-dealkylation sites (tertiary alicyclic amines) is 2. The highest BCUT2D eigenvalue weighted by Crippen LogP contribution is 2.31. The Hall–Kier alpha value is -11.6. The lowest BCUT2D eigenvalue weighted by atomic mass is 9.91. The quantitative estimate of drug-likeness (QED) is 0.0184. The number of nitrogens with one attached hydrogen (secondary N) is 10. The van der Waals surface area contributed by atoms with Crippen LogP contribution in [0.5, 0.6) is 0 Å². The molecule has 0 unspecified atom stereocenters. The molecule has 0 radical (unpaired) electrons. The summed E-state index contributed by atoms with van der Waals surface area (Å²) >= 11 is 16.2. The third-order valence-corrected chi connectivity index (χ3v) is 27.7. The maximum absolute atomic E-state index is 14.6. The number of nitrogens with two attached hydrogens (primary N) is 6. The summed E-state index contributed by atoms with van der Waals surface area (Å²) < 4.78 is 0. The van der Waals surface area contributed by atoms with Crippen molar-refractivity contribution in [2.75, 3.05) is 62.3 Å². The molecule has 1 aromatic heterocycles. The second-order valence-electron chi connectivity index (χ2n) is 36.2. The Morgan fingerprint density at radius 2 is 0.901 bits per heavy atom. The Balaban J connectivity index is 0.000000383. The average molecular weight is 2060 g/mol. The molecule has 45 heteroatoms. The minimum Gasteiger partial charge on any atom is -0.391 e. The van der Waals surface area contributed by atoms with Gasteiger partial charge in [-0.2, -0.15) is 23.5 Å². The van der Waals surface area contributed by atoms with Gasteiger partial charge in [0.25, 0.3) is 0 Å². The lowest BCUT2D eigenvalue weighted by molar-refractivity contribution is -0.144. The molecule has 4 aromatic rings. The van der Waals surface area contributed by atoms with E-state index in [9.17, 15) is 96.5 Å². The number of rotatable bonds is 32. The summed E-state index contributed by atoms with van der Waals surface area (Å²) in [6.45, 7) is 10.4. The predicted molar refractivity (Wildman–Crippen MR) is 536 cm³/mol. The molecule has 4 saturated heterocycles. The third-order valence-electron chi connectivity index (χ3n) is 24.1. The smallest absolute Gasteiger partial charge is 0.243 e. The topological polar surface area (TPSA) is 655 Å². The molecule has 4 aliphatic heterocycles. The Kier molecular flexibility index (Phi) is 48.9. The van der Waals surface area contributed by atoms with E-state index in [-0.39, 0.29) is 163 Å². The van der Waals surface area contributed by atoms with Gasteiger partial charge in [-0.3, -0.25) is 96.3 Å². The molecule has 0 bridgehead atoms. The summed E-state index contributed by atoms with van der Waals surface area (Å²) in [5, 5.41) is 51.6. The van der Waals surface area contributed by atoms with E-state index in [4.69, 9.17) is 57.6 Å². The van der Waals surface area contributed by atoms with Crippen molar-refractivity contribution in [1.82, 2.24) is 63.0 Å². The van der Waals surface area contributed by atoms with Gasteiger partial charge in [0.2, 0.25) is 82.7 Å². The van der Waals surface area contributed by atoms with Crippen molar-refractivity contribution in [3.63, 3.8) is 0 Å². The lowest BCUT2D eigenvalue weighted by Crippen LogP contribution is -2.58. The monoisotopic (exact) mass is 2050 g/mol. The summed E-state index contributed by atoms with van der Waals surface area (Å²) in [5.74, 6) is -16.5. The van der Waals surface area contributed by atoms with Crippen LogP contribution in [0.3, 0.4) is 0 Å². The summed E-state index contributed by atoms with van der Waals surface area (Å²) in [5.41, 5.74) is 35.1. The minimum atomic E-state index is -1.55. The van der Waals surface area contributed by atoms with E-state index in [1.165, 1.54) is 44.7 Å². The normalized spacial score (nSPS) is 23.8. The number of likely N-dealkylation sites (N-methyl/N-ethyl adjacent to an activating group) is 2. The summed E-state index contributed by atoms with van der Waals surface area (Å²) in [4.78, 5) is 260. The van der Waals surface area contributed by atoms with E-state index in [1.807, 2.05) is 5.38 Å². The number of benzene rings is 3. The SMILES string of the molecule is CCNC(=O)[C@@H](CCCN=C(N)N)NC(=O)[C@@H]1C[C@@H](O)CN1C(=O)[C@@H]1CCSCCC(=O)C[C@@H](Cc2ccc(Cl)cc2)C(=O)N[C@@H](Cc2cccs2)C(=O)N[C@@H](C(C)C)C(=O)N[C@@H](CC(N)=O)C(=O)C1.CCNC(=O)[C@@H](CCCN=C(N)N)NC(=O)[C@@H]1C[C@@H](O)CN1C(=O)[C@@H]1CSCCCC(=O)C[C@@H](Cc2ccc(Cl)cc2)C(=O)N[C@@H](Cc2ccccc2)C(=O)N[C@@H](C(C)C)C(=O)N[C@@H](CC(N)=O)C(=O)C1. The van der Waals surface area contributed by atoms with Crippen molar-refractivity contribution in [3.05, 3.63) is 128 Å². The van der Waals surface area contributed by atoms with E-state index < -0.39 is 228 Å². The van der Waals surface area contributed by atoms with Crippen LogP contribution in [0.25, 0.3) is 0 Å². The minimum absolute atomic E-state index is 0.0155. The zero-order valence-electron chi connectivity index (χ0n) is 80.3. The van der Waals surface area contributed by atoms with Crippen LogP contribution in [0.15, 0.2) is 106 Å². The number of ketones is 4. The number of carbonyl (C=O) groups is 18. The Morgan fingerprint density at radius 1 is 0.475 bits per heavy atom. The number of hydrogen-bond acceptors (Lipinski definition) is 25. The van der Waals surface area contributed by atoms with Crippen LogP contribution in [0, 0.1) is 35.5 Å². The number of halogens is 2. The molecular formula is C96H136Cl2N20O20S3. The average Bonchev–Trinajstić information content (AvgIpc) is 1.59. The Bertz CT molecular complexity index is 5000. The fourth-order valence-corrected chi connectivity index (χ4v) is 19.8. The number of β-amino-alcohol motifs (C(OH)–C–C–N with tert-alkyl or cyclic N) is 2. The zero-order valence-corrected chi connectivity index (χ0v) is 84.3. The molecule has 772 valence electrons. The first-order valence-electron chi connectivity index (χ1n) is 47.4. The number of aliphatic imine (C=N–C) groups is 2. The molecule has 141 heavy (non-hydrogen) atoms. The van der Waals surface area contributed by atoms with E-state index in [2.05, 4.69) is 63.2 Å². The van der Waals surface area contributed by atoms with Crippen LogP contribution in [0.4, 0.5) is 0 Å². The fraction of sp³-hybridized carbons (Fsp3) is 0.562. The molecule has 0 spiro atoms. The standard InChI is InChI=1S/C49H69ClN10O10S.C47H67ClN10O10S2/c1-4-54-44(66)36(13-8-18-55-49(52)53)56-46(68)39-24-35(62)26-60(39)48(70)32-23-40(63)37(25-41(51)64)57-47(69)42(28(2)3)59-45(67)38(21-29-10-6-5-7-11-29)58-43(65)31(20-30-14-16-33(50)17-15-30)22-34(61)12-9-19-71-27-32;1-4-52-42(64)34(8-5-15-53-47(50)51)54-44(66)37-22-32(60)25-58(37)46(68)28-13-17-69-18-14-31(59)20-29(19-27-9-11-30(48)12-10-27)41(63)56-36(23-33-7-6-16-70-33)43(65)57-40(26(2)3)45(67)55-35(24-39(49)62)38(61)21-28/h5-7,10-11,14-17,28,31-32,35-39,42,62H,4,8-9,12-13,18-27H2,1-3H3,(H2,51,64)(H,54,66)(H,56,68)(H,57,69)(H,58,65)(H,59,67)(H4,52,53,55);6-7,9-12,16,26,28-29,32,34-37,40,60H,4-5,8,13-15,17-25H2,1-3H3,(H2,49,62)(H,52,64)(H,54,66)(H,55,67)(H,56,63)(H,57,65)(H4,50,51,53)/t31-,32+,35-,36-,37+,38+,39+,42+;28-,29-,32-,34-,35+,36+,37+,40+/m11/s1. The van der Waals surface area contributed by atoms with Gasteiger partial charge in [0.15, 0.2) is 23.5 Å². The summed E-state index contributed by atoms with van der Waals surface area (Å²) in [7, 11) is 0. The van der Waals surface area contributed by atoms with E-state index in [0.717, 1.165) is 16.0 Å². The first-order valence-corrected chi connectivity index (χ1v) is 51.4. The van der Waals surface area contributed by atoms with Crippen LogP contribution in [-0.2, 0) is 112 Å². The number of nitrogens with zero attached hydrogens (tertiary/aromatic N) is 4. The molecule has 0 saturated carbocycles. The van der Waals surface area contributed by atoms with Crippen molar-refractivity contribution in [2.24, 2.45) is 79.9 Å². The number of thiophene rings is 1. The zero-order chi connectivity index (χ0) is 104. The molecule has 40 nitrogen and oxygen atoms in total. The van der Waals surface area contributed by atoms with Gasteiger partial charge in [0.05, 0.1) is 43.1 Å². The summed E-state index contributed by atoms with van der Waals surface area (Å²) in [6.07, 6.45) is -3.50. The predicted octanol–water partition coefficient (Wildman–Crippen LogP) is 0.912. The second kappa shape index (κ2) is 59.3. The van der Waals surface area contributed by atoms with Crippen LogP contribution >= 0.6 is 58.1 Å². The van der Waals surface area contributed by atoms with Crippen molar-refractivity contribution < 1.29 is 96.5 Å². The van der Waals surface area contributed by atoms with Gasteiger partial charge in [-0.15, -0.1) is 11.3 Å². The molecule has 16 atom stereocenters. The largest absolute Gasteiger partial charge is 0.391 e. The second-order valence-corrected chi connectivity index (χ2v) is 40.5. The number of guanidine groups is 2. The van der Waals surface area contributed by atoms with Crippen LogP contribution in [0.2, 0.25) is 10.0 Å². The van der Waals surface area contributed by atoms with Gasteiger partial charge in [-0.05, 0) is 141 Å². The van der Waals surface area contributed by atoms with Gasteiger partial charge in [-0.1, -0.05) is 112 Å². The van der Waals surface area contributed by atoms with Crippen molar-refractivity contribution in [3.8, 4) is 0 Å². The number of Topliss-reactive ketones (excluding diaryl/α,β-unsaturated/α-hetero) is 4. The molecule has 4 fully saturated rings. The molecule has 5 heterocycles. The van der Waals surface area contributed by atoms with Gasteiger partial charge >= 0.3 is 0 Å². The number of primary amides is 2. The molecule has 8 rings (SSSR count). The molecule has 3 aromatic carbocycles. The number of aliphatic hydroxyl groups is 2. The number of carbonyl (C=O) groups excluding carboxylic acids is 18. The highest BCUT2D eigenvalue weighted by atomic mass is 35.5. The van der Waals surface area contributed by atoms with E-state index in [1.54, 1.807) is 133 Å². The first kappa shape index (κ1) is 116. The van der Waals surface area contributed by atoms with Crippen LogP contribution < -0.4 is 87.6 Å². The molecule has 0 aliphatic carbocycles. The molecule has 4 aliphatic rings. The lowest BCUT2D eigenvalue weighted by Gasteiger charge is -2.30. The highest BCUT2D eigenvalue weighted by Gasteiger charge is 2.47. The highest BCUT2D eigenvalue weighted by molar-refractivity contribution is 7.99. The first-order chi connectivity index (χ1) is 67.0. The number of aliphatic hydroxyl groups excluding tert-OH is 2. The number of thioether (sulfide) groups is 2. The van der Waals surface area contributed by atoms with E-state index in [0.29, 0.717) is 40.6 Å². The Labute approximate surface area is 842 Å². The van der Waals surface area contributed by atoms with Gasteiger partial charge < -0.3 is 108 Å². The maximum Gasteiger partial charge on any atom is 0.243 e. The third kappa shape index (κ3) is 39.6. The van der Waals surface area contributed by atoms with Gasteiger partial charge in [0, 0.05) is 148 Å². The summed E-state index contributed by atoms with van der Waals surface area (Å²) in [6, 6.07) is 13.6. The molecular weight excluding hydrogens is 1920 g/mol. The number of amides is 14. The fourth-order valence-electron chi connectivity index (χ4n) is 16.7. The van der Waals surface area contributed by atoms with E-state index >= 15 is 0 Å². The van der Waals surface area contributed by atoms with Gasteiger partial charge in [-0.25, -0.2) is 0 Å². The van der Waals surface area contributed by atoms with Gasteiger partial charge in [0.1, 0.15) is 59.9 Å². The maximum atomic E-state index is 14.6. The number of hydrogen-bond donors (Lipinski definition) is 18. The van der Waals surface area contributed by atoms with Crippen LogP contribution in [-0.4, -0.2) is 273 Å². The van der Waals surface area contributed by atoms with Crippen molar-refractivity contribution >= 4 is 176 Å².